The molecule has 5 N–H and O–H groups in total. The molecule has 1 aliphatic heterocycles. The van der Waals surface area contributed by atoms with E-state index >= 15 is 0 Å². The molecule has 1 fully saturated rings. The third-order valence-corrected chi connectivity index (χ3v) is 6.58. The molecule has 0 spiro atoms. The number of carbonyl (C=O) groups is 2. The van der Waals surface area contributed by atoms with Crippen molar-refractivity contribution in [2.75, 3.05) is 52.7 Å². The van der Waals surface area contributed by atoms with Gasteiger partial charge in [-0.05, 0) is 18.1 Å². The van der Waals surface area contributed by atoms with Crippen molar-refractivity contribution in [1.82, 2.24) is 15.5 Å². The van der Waals surface area contributed by atoms with Gasteiger partial charge in [0, 0.05) is 39.4 Å². The van der Waals surface area contributed by atoms with Gasteiger partial charge in [-0.25, -0.2) is 0 Å². The molecular weight excluding hydrogens is 472 g/mol. The van der Waals surface area contributed by atoms with E-state index in [1.807, 2.05) is 30.3 Å². The molecule has 0 bridgehead atoms. The molecule has 1 heterocycles. The minimum absolute atomic E-state index is 0.198. The number of ether oxygens (including phenoxy) is 2. The molecule has 2 aromatic carbocycles. The van der Waals surface area contributed by atoms with Crippen LogP contribution in [0.15, 0.2) is 42.5 Å². The lowest BCUT2D eigenvalue weighted by Gasteiger charge is -2.38. The number of nitrogen functional groups attached to an aromatic ring is 1. The maximum Gasteiger partial charge on any atom is 0.255 e. The molecule has 35 heavy (non-hydrogen) atoms. The average molecular weight is 505 g/mol. The van der Waals surface area contributed by atoms with Gasteiger partial charge in [-0.3, -0.25) is 14.5 Å². The molecule has 2 amide bonds. The Morgan fingerprint density at radius 1 is 1.26 bits per heavy atom. The van der Waals surface area contributed by atoms with E-state index in [0.717, 1.165) is 12.1 Å². The normalized spacial score (nSPS) is 19.1. The highest BCUT2D eigenvalue weighted by molar-refractivity contribution is 6.33. The minimum atomic E-state index is -0.595. The standard InChI is InChI=1S/C25H33ClN4O5/c1-34-22-13-20(27)19(26)12-17(22)25(33)29-21-8-10-30(14-23(21)35-2)11-9-28-24(32)18(15-31)16-6-4-3-5-7-16/h3-7,12-13,18,21,23,31H,8-11,14-15,27H2,1-2H3,(H,28,32)(H,29,33). The summed E-state index contributed by atoms with van der Waals surface area (Å²) in [7, 11) is 3.08. The number of piperidine rings is 1. The number of rotatable bonds is 10. The van der Waals surface area contributed by atoms with Crippen LogP contribution in [-0.4, -0.2) is 81.0 Å². The molecule has 3 unspecified atom stereocenters. The van der Waals surface area contributed by atoms with Crippen molar-refractivity contribution in [1.29, 1.82) is 0 Å². The Labute approximate surface area is 210 Å². The van der Waals surface area contributed by atoms with Crippen LogP contribution in [0.25, 0.3) is 0 Å². The second-order valence-electron chi connectivity index (χ2n) is 8.45. The first-order valence-electron chi connectivity index (χ1n) is 11.5. The molecule has 0 aliphatic carbocycles. The zero-order valence-electron chi connectivity index (χ0n) is 20.0. The Bertz CT molecular complexity index is 1010. The van der Waals surface area contributed by atoms with Gasteiger partial charge in [0.2, 0.25) is 5.91 Å². The smallest absolute Gasteiger partial charge is 0.255 e. The second-order valence-corrected chi connectivity index (χ2v) is 8.86. The highest BCUT2D eigenvalue weighted by Crippen LogP contribution is 2.29. The summed E-state index contributed by atoms with van der Waals surface area (Å²) in [5, 5.41) is 15.9. The van der Waals surface area contributed by atoms with Gasteiger partial charge >= 0.3 is 0 Å². The monoisotopic (exact) mass is 504 g/mol. The van der Waals surface area contributed by atoms with Gasteiger partial charge in [0.1, 0.15) is 5.75 Å². The van der Waals surface area contributed by atoms with E-state index in [-0.39, 0.29) is 35.6 Å². The number of hydrogen-bond donors (Lipinski definition) is 4. The van der Waals surface area contributed by atoms with Crippen LogP contribution in [0.5, 0.6) is 5.75 Å². The molecule has 0 saturated carbocycles. The van der Waals surface area contributed by atoms with Crippen molar-refractivity contribution in [3.63, 3.8) is 0 Å². The fourth-order valence-electron chi connectivity index (χ4n) is 4.23. The average Bonchev–Trinajstić information content (AvgIpc) is 2.87. The number of aliphatic hydroxyl groups is 1. The molecule has 10 heteroatoms. The molecule has 190 valence electrons. The summed E-state index contributed by atoms with van der Waals surface area (Å²) in [4.78, 5) is 27.7. The van der Waals surface area contributed by atoms with Crippen molar-refractivity contribution in [2.45, 2.75) is 24.5 Å². The lowest BCUT2D eigenvalue weighted by atomic mass is 9.99. The quantitative estimate of drug-likeness (QED) is 0.362. The van der Waals surface area contributed by atoms with E-state index in [1.165, 1.54) is 19.2 Å². The predicted molar refractivity (Wildman–Crippen MR) is 135 cm³/mol. The Hall–Kier alpha value is -2.85. The molecule has 9 nitrogen and oxygen atoms in total. The van der Waals surface area contributed by atoms with Crippen LogP contribution >= 0.6 is 11.6 Å². The number of aliphatic hydroxyl groups excluding tert-OH is 1. The third-order valence-electron chi connectivity index (χ3n) is 6.25. The number of halogens is 1. The first kappa shape index (κ1) is 26.7. The van der Waals surface area contributed by atoms with Crippen molar-refractivity contribution in [2.24, 2.45) is 0 Å². The van der Waals surface area contributed by atoms with E-state index in [4.69, 9.17) is 26.8 Å². The van der Waals surface area contributed by atoms with Gasteiger partial charge < -0.3 is 30.9 Å². The molecule has 3 atom stereocenters. The van der Waals surface area contributed by atoms with Gasteiger partial charge in [-0.15, -0.1) is 0 Å². The Balaban J connectivity index is 1.52. The second kappa shape index (κ2) is 12.7. The van der Waals surface area contributed by atoms with Crippen molar-refractivity contribution in [3.05, 3.63) is 58.6 Å². The number of nitrogens with zero attached hydrogens (tertiary/aromatic N) is 1. The number of methoxy groups -OCH3 is 2. The Morgan fingerprint density at radius 2 is 2.00 bits per heavy atom. The van der Waals surface area contributed by atoms with Gasteiger partial charge in [-0.2, -0.15) is 0 Å². The highest BCUT2D eigenvalue weighted by Gasteiger charge is 2.31. The number of anilines is 1. The molecular formula is C25H33ClN4O5. The number of nitrogens with two attached hydrogens (primary N) is 1. The SMILES string of the molecule is COc1cc(N)c(Cl)cc1C(=O)NC1CCN(CCNC(=O)C(CO)c2ccccc2)CC1OC. The van der Waals surface area contributed by atoms with Crippen LogP contribution in [0.1, 0.15) is 28.3 Å². The fraction of sp³-hybridized carbons (Fsp3) is 0.440. The molecule has 3 rings (SSSR count). The Kier molecular flexibility index (Phi) is 9.73. The minimum Gasteiger partial charge on any atom is -0.496 e. The topological polar surface area (TPSA) is 126 Å². The summed E-state index contributed by atoms with van der Waals surface area (Å²) in [5.74, 6) is -0.765. The fourth-order valence-corrected chi connectivity index (χ4v) is 4.40. The summed E-state index contributed by atoms with van der Waals surface area (Å²) in [6.07, 6.45) is 0.445. The van der Waals surface area contributed by atoms with E-state index in [9.17, 15) is 14.7 Å². The number of amides is 2. The van der Waals surface area contributed by atoms with Crippen LogP contribution in [0.2, 0.25) is 5.02 Å². The van der Waals surface area contributed by atoms with Crippen LogP contribution < -0.4 is 21.1 Å². The van der Waals surface area contributed by atoms with E-state index in [0.29, 0.717) is 43.1 Å². The van der Waals surface area contributed by atoms with Crippen molar-refractivity contribution < 1.29 is 24.2 Å². The van der Waals surface area contributed by atoms with Crippen LogP contribution in [0.3, 0.4) is 0 Å². The summed E-state index contributed by atoms with van der Waals surface area (Å²) in [5.41, 5.74) is 7.24. The first-order chi connectivity index (χ1) is 16.9. The van der Waals surface area contributed by atoms with Crippen LogP contribution in [-0.2, 0) is 9.53 Å². The highest BCUT2D eigenvalue weighted by atomic mass is 35.5. The largest absolute Gasteiger partial charge is 0.496 e. The molecule has 2 aromatic rings. The summed E-state index contributed by atoms with van der Waals surface area (Å²) in [6, 6.07) is 12.0. The number of nitrogens with one attached hydrogen (secondary N) is 2. The molecule has 0 aromatic heterocycles. The third kappa shape index (κ3) is 6.85. The molecule has 1 aliphatic rings. The van der Waals surface area contributed by atoms with Crippen LogP contribution in [0, 0.1) is 0 Å². The van der Waals surface area contributed by atoms with Crippen LogP contribution in [0.4, 0.5) is 5.69 Å². The van der Waals surface area contributed by atoms with Crippen molar-refractivity contribution >= 4 is 29.1 Å². The summed E-state index contributed by atoms with van der Waals surface area (Å²) in [6.45, 7) is 2.13. The van der Waals surface area contributed by atoms with E-state index < -0.39 is 5.92 Å². The van der Waals surface area contributed by atoms with Gasteiger partial charge in [0.15, 0.2) is 0 Å². The molecule has 0 radical (unpaired) electrons. The lowest BCUT2D eigenvalue weighted by Crippen LogP contribution is -2.55. The Morgan fingerprint density at radius 3 is 2.66 bits per heavy atom. The zero-order chi connectivity index (χ0) is 25.4. The maximum atomic E-state index is 12.9. The van der Waals surface area contributed by atoms with E-state index in [1.54, 1.807) is 7.11 Å². The number of hydrogen-bond acceptors (Lipinski definition) is 7. The zero-order valence-corrected chi connectivity index (χ0v) is 20.8. The van der Waals surface area contributed by atoms with Gasteiger partial charge in [0.05, 0.1) is 48.1 Å². The van der Waals surface area contributed by atoms with Gasteiger partial charge in [0.25, 0.3) is 5.91 Å². The summed E-state index contributed by atoms with van der Waals surface area (Å²) < 4.78 is 10.9. The molecule has 1 saturated heterocycles. The number of benzene rings is 2. The van der Waals surface area contributed by atoms with Gasteiger partial charge in [-0.1, -0.05) is 41.9 Å². The van der Waals surface area contributed by atoms with Crippen molar-refractivity contribution in [3.8, 4) is 5.75 Å². The number of carbonyl (C=O) groups excluding carboxylic acids is 2. The maximum absolute atomic E-state index is 12.9. The number of likely N-dealkylation sites (tertiary alicyclic amines) is 1. The summed E-state index contributed by atoms with van der Waals surface area (Å²) >= 11 is 6.10. The predicted octanol–water partition coefficient (Wildman–Crippen LogP) is 1.64. The lowest BCUT2D eigenvalue weighted by molar-refractivity contribution is -0.123. The van der Waals surface area contributed by atoms with E-state index in [2.05, 4.69) is 15.5 Å². The first-order valence-corrected chi connectivity index (χ1v) is 11.9.